The summed E-state index contributed by atoms with van der Waals surface area (Å²) in [5.41, 5.74) is 2.93. The van der Waals surface area contributed by atoms with Crippen LogP contribution < -0.4 is 4.74 Å². The quantitative estimate of drug-likeness (QED) is 0.785. The number of ether oxygens (including phenoxy) is 1. The maximum absolute atomic E-state index is 11.1. The molecule has 4 heteroatoms. The average molecular weight is 295 g/mol. The van der Waals surface area contributed by atoms with Crippen molar-refractivity contribution in [1.29, 1.82) is 0 Å². The molecule has 0 bridgehead atoms. The Labute approximate surface area is 128 Å². The minimum absolute atomic E-state index is 0.0152. The summed E-state index contributed by atoms with van der Waals surface area (Å²) in [6.45, 7) is 0.699. The molecule has 0 aliphatic rings. The standard InChI is InChI=1S/C18H17NO3/c1-22-16-9-5-8-15-18(16)14(10-17(20)21)12-19(15)11-13-6-3-2-4-7-13/h2-9,12H,10-11H2,1H3,(H,20,21). The van der Waals surface area contributed by atoms with Crippen LogP contribution in [0.5, 0.6) is 5.75 Å². The van der Waals surface area contributed by atoms with Gasteiger partial charge in [-0.3, -0.25) is 4.79 Å². The van der Waals surface area contributed by atoms with Crippen molar-refractivity contribution in [1.82, 2.24) is 4.57 Å². The van der Waals surface area contributed by atoms with Crippen LogP contribution in [-0.2, 0) is 17.8 Å². The fraction of sp³-hybridized carbons (Fsp3) is 0.167. The Kier molecular flexibility index (Phi) is 3.83. The van der Waals surface area contributed by atoms with Crippen LogP contribution in [-0.4, -0.2) is 22.8 Å². The number of methoxy groups -OCH3 is 1. The number of carboxylic acid groups (broad SMARTS) is 1. The van der Waals surface area contributed by atoms with Crippen LogP contribution >= 0.6 is 0 Å². The highest BCUT2D eigenvalue weighted by Crippen LogP contribution is 2.31. The maximum Gasteiger partial charge on any atom is 0.307 e. The molecule has 2 aromatic carbocycles. The number of hydrogen-bond donors (Lipinski definition) is 1. The van der Waals surface area contributed by atoms with Crippen molar-refractivity contribution in [2.75, 3.05) is 7.11 Å². The largest absolute Gasteiger partial charge is 0.496 e. The lowest BCUT2D eigenvalue weighted by Crippen LogP contribution is -2.00. The molecule has 3 rings (SSSR count). The molecule has 0 saturated heterocycles. The van der Waals surface area contributed by atoms with E-state index >= 15 is 0 Å². The minimum atomic E-state index is -0.843. The molecular weight excluding hydrogens is 278 g/mol. The highest BCUT2D eigenvalue weighted by molar-refractivity contribution is 5.92. The number of benzene rings is 2. The van der Waals surface area contributed by atoms with Gasteiger partial charge >= 0.3 is 5.97 Å². The summed E-state index contributed by atoms with van der Waals surface area (Å²) in [6, 6.07) is 15.9. The Bertz CT molecular complexity index is 806. The number of fused-ring (bicyclic) bond motifs is 1. The number of aromatic nitrogens is 1. The molecule has 112 valence electrons. The fourth-order valence-corrected chi connectivity index (χ4v) is 2.78. The van der Waals surface area contributed by atoms with Crippen LogP contribution in [0.1, 0.15) is 11.1 Å². The van der Waals surface area contributed by atoms with E-state index in [9.17, 15) is 4.79 Å². The van der Waals surface area contributed by atoms with Gasteiger partial charge in [0.25, 0.3) is 0 Å². The first-order chi connectivity index (χ1) is 10.7. The van der Waals surface area contributed by atoms with Crippen LogP contribution in [0.4, 0.5) is 0 Å². The van der Waals surface area contributed by atoms with Gasteiger partial charge in [0.15, 0.2) is 0 Å². The van der Waals surface area contributed by atoms with Crippen molar-refractivity contribution in [3.8, 4) is 5.75 Å². The van der Waals surface area contributed by atoms with Crippen molar-refractivity contribution >= 4 is 16.9 Å². The van der Waals surface area contributed by atoms with E-state index < -0.39 is 5.97 Å². The summed E-state index contributed by atoms with van der Waals surface area (Å²) in [7, 11) is 1.61. The van der Waals surface area contributed by atoms with Gasteiger partial charge in [0, 0.05) is 18.1 Å². The Hall–Kier alpha value is -2.75. The summed E-state index contributed by atoms with van der Waals surface area (Å²) < 4.78 is 7.48. The lowest BCUT2D eigenvalue weighted by Gasteiger charge is -2.07. The van der Waals surface area contributed by atoms with Crippen molar-refractivity contribution in [3.05, 3.63) is 65.9 Å². The van der Waals surface area contributed by atoms with E-state index in [1.807, 2.05) is 42.6 Å². The zero-order valence-electron chi connectivity index (χ0n) is 12.3. The Morgan fingerprint density at radius 2 is 1.91 bits per heavy atom. The molecular formula is C18H17NO3. The number of carbonyl (C=O) groups is 1. The number of carboxylic acids is 1. The number of hydrogen-bond acceptors (Lipinski definition) is 2. The molecule has 22 heavy (non-hydrogen) atoms. The van der Waals surface area contributed by atoms with Crippen molar-refractivity contribution in [2.24, 2.45) is 0 Å². The van der Waals surface area contributed by atoms with E-state index in [-0.39, 0.29) is 6.42 Å². The predicted octanol–water partition coefficient (Wildman–Crippen LogP) is 3.33. The third-order valence-corrected chi connectivity index (χ3v) is 3.70. The van der Waals surface area contributed by atoms with Crippen LogP contribution in [0, 0.1) is 0 Å². The maximum atomic E-state index is 11.1. The highest BCUT2D eigenvalue weighted by Gasteiger charge is 2.15. The van der Waals surface area contributed by atoms with E-state index in [0.717, 1.165) is 16.5 Å². The summed E-state index contributed by atoms with van der Waals surface area (Å²) in [6.07, 6.45) is 1.90. The third-order valence-electron chi connectivity index (χ3n) is 3.70. The molecule has 0 aliphatic heterocycles. The molecule has 0 aliphatic carbocycles. The molecule has 1 N–H and O–H groups in total. The average Bonchev–Trinajstić information content (AvgIpc) is 2.85. The molecule has 1 heterocycles. The second-order valence-corrected chi connectivity index (χ2v) is 5.19. The molecule has 0 saturated carbocycles. The zero-order chi connectivity index (χ0) is 15.5. The molecule has 4 nitrogen and oxygen atoms in total. The summed E-state index contributed by atoms with van der Waals surface area (Å²) >= 11 is 0. The second kappa shape index (κ2) is 5.93. The number of nitrogens with zero attached hydrogens (tertiary/aromatic N) is 1. The van der Waals surface area contributed by atoms with Gasteiger partial charge < -0.3 is 14.4 Å². The Morgan fingerprint density at radius 3 is 2.59 bits per heavy atom. The van der Waals surface area contributed by atoms with E-state index in [1.165, 1.54) is 5.56 Å². The molecule has 0 spiro atoms. The summed E-state index contributed by atoms with van der Waals surface area (Å²) in [4.78, 5) is 11.1. The van der Waals surface area contributed by atoms with Crippen LogP contribution in [0.3, 0.4) is 0 Å². The zero-order valence-corrected chi connectivity index (χ0v) is 12.3. The van der Waals surface area contributed by atoms with Gasteiger partial charge in [-0.1, -0.05) is 36.4 Å². The van der Waals surface area contributed by atoms with Crippen molar-refractivity contribution < 1.29 is 14.6 Å². The smallest absolute Gasteiger partial charge is 0.307 e. The van der Waals surface area contributed by atoms with Gasteiger partial charge in [0.05, 0.1) is 19.0 Å². The Balaban J connectivity index is 2.12. The first-order valence-electron chi connectivity index (χ1n) is 7.09. The minimum Gasteiger partial charge on any atom is -0.496 e. The van der Waals surface area contributed by atoms with Gasteiger partial charge in [-0.05, 0) is 23.3 Å². The first kappa shape index (κ1) is 14.2. The van der Waals surface area contributed by atoms with Gasteiger partial charge in [-0.15, -0.1) is 0 Å². The van der Waals surface area contributed by atoms with Gasteiger partial charge in [0.1, 0.15) is 5.75 Å². The normalized spacial score (nSPS) is 10.8. The van der Waals surface area contributed by atoms with Crippen LogP contribution in [0.15, 0.2) is 54.7 Å². The topological polar surface area (TPSA) is 51.5 Å². The summed E-state index contributed by atoms with van der Waals surface area (Å²) in [5.74, 6) is -0.134. The lowest BCUT2D eigenvalue weighted by atomic mass is 10.1. The highest BCUT2D eigenvalue weighted by atomic mass is 16.5. The molecule has 0 amide bonds. The second-order valence-electron chi connectivity index (χ2n) is 5.19. The number of rotatable bonds is 5. The molecule has 1 aromatic heterocycles. The van der Waals surface area contributed by atoms with Crippen molar-refractivity contribution in [2.45, 2.75) is 13.0 Å². The monoisotopic (exact) mass is 295 g/mol. The van der Waals surface area contributed by atoms with E-state index in [1.54, 1.807) is 7.11 Å². The first-order valence-corrected chi connectivity index (χ1v) is 7.09. The fourth-order valence-electron chi connectivity index (χ4n) is 2.78. The van der Waals surface area contributed by atoms with Gasteiger partial charge in [0.2, 0.25) is 0 Å². The van der Waals surface area contributed by atoms with E-state index in [0.29, 0.717) is 12.3 Å². The van der Waals surface area contributed by atoms with Gasteiger partial charge in [-0.2, -0.15) is 0 Å². The van der Waals surface area contributed by atoms with Crippen molar-refractivity contribution in [3.63, 3.8) is 0 Å². The Morgan fingerprint density at radius 1 is 1.14 bits per heavy atom. The molecule has 3 aromatic rings. The van der Waals surface area contributed by atoms with E-state index in [4.69, 9.17) is 9.84 Å². The summed E-state index contributed by atoms with van der Waals surface area (Å²) in [5, 5.41) is 10.0. The van der Waals surface area contributed by atoms with Gasteiger partial charge in [-0.25, -0.2) is 0 Å². The van der Waals surface area contributed by atoms with E-state index in [2.05, 4.69) is 16.7 Å². The molecule has 0 radical (unpaired) electrons. The molecule has 0 atom stereocenters. The molecule has 0 unspecified atom stereocenters. The number of aliphatic carboxylic acids is 1. The predicted molar refractivity (Wildman–Crippen MR) is 85.4 cm³/mol. The molecule has 0 fully saturated rings. The SMILES string of the molecule is COc1cccc2c1c(CC(=O)O)cn2Cc1ccccc1. The van der Waals surface area contributed by atoms with Crippen LogP contribution in [0.25, 0.3) is 10.9 Å². The van der Waals surface area contributed by atoms with Crippen LogP contribution in [0.2, 0.25) is 0 Å². The lowest BCUT2D eigenvalue weighted by molar-refractivity contribution is -0.136. The third kappa shape index (κ3) is 2.68.